The van der Waals surface area contributed by atoms with Crippen LogP contribution in [0.5, 0.6) is 0 Å². The third-order valence-corrected chi connectivity index (χ3v) is 4.67. The second kappa shape index (κ2) is 6.75. The van der Waals surface area contributed by atoms with Crippen molar-refractivity contribution in [2.24, 2.45) is 4.99 Å². The van der Waals surface area contributed by atoms with Crippen LogP contribution < -0.4 is 10.6 Å². The average Bonchev–Trinajstić information content (AvgIpc) is 3.29. The first-order valence-corrected chi connectivity index (χ1v) is 8.17. The van der Waals surface area contributed by atoms with Crippen LogP contribution in [0, 0.1) is 11.6 Å². The third-order valence-electron chi connectivity index (χ3n) is 4.67. The van der Waals surface area contributed by atoms with Crippen molar-refractivity contribution in [2.75, 3.05) is 20.6 Å². The van der Waals surface area contributed by atoms with Crippen molar-refractivity contribution in [2.45, 2.75) is 37.3 Å². The van der Waals surface area contributed by atoms with Crippen LogP contribution >= 0.6 is 0 Å². The van der Waals surface area contributed by atoms with Gasteiger partial charge in [-0.3, -0.25) is 9.79 Å². The van der Waals surface area contributed by atoms with Crippen molar-refractivity contribution in [1.29, 1.82) is 0 Å². The minimum absolute atomic E-state index is 0.0365. The number of rotatable bonds is 3. The second-order valence-corrected chi connectivity index (χ2v) is 6.45. The van der Waals surface area contributed by atoms with E-state index in [4.69, 9.17) is 0 Å². The first-order chi connectivity index (χ1) is 11.5. The van der Waals surface area contributed by atoms with E-state index in [1.165, 1.54) is 18.2 Å². The molecular formula is C17H22F2N4O. The molecule has 1 aromatic carbocycles. The summed E-state index contributed by atoms with van der Waals surface area (Å²) in [4.78, 5) is 17.4. The van der Waals surface area contributed by atoms with Crippen molar-refractivity contribution < 1.29 is 13.6 Å². The molecule has 2 N–H and O–H groups in total. The highest BCUT2D eigenvalue weighted by molar-refractivity contribution is 5.82. The van der Waals surface area contributed by atoms with Crippen LogP contribution in [0.25, 0.3) is 0 Å². The van der Waals surface area contributed by atoms with Gasteiger partial charge in [0.25, 0.3) is 0 Å². The number of hydrogen-bond donors (Lipinski definition) is 2. The van der Waals surface area contributed by atoms with E-state index < -0.39 is 11.6 Å². The standard InChI is InChI=1S/C17H22F2N4O/c1-20-17(21-10-6-7-15(24)23(2)9-10)22-14-8-11(14)16-12(18)4-3-5-13(16)19/h3-5,10-11,14H,6-9H2,1-2H3,(H2,20,21,22). The molecule has 7 heteroatoms. The Morgan fingerprint density at radius 2 is 2.00 bits per heavy atom. The number of benzene rings is 1. The zero-order valence-corrected chi connectivity index (χ0v) is 13.9. The predicted octanol–water partition coefficient (Wildman–Crippen LogP) is 1.61. The number of likely N-dealkylation sites (N-methyl/N-ethyl adjacent to an activating group) is 1. The highest BCUT2D eigenvalue weighted by atomic mass is 19.1. The van der Waals surface area contributed by atoms with Gasteiger partial charge in [-0.25, -0.2) is 8.78 Å². The summed E-state index contributed by atoms with van der Waals surface area (Å²) in [5, 5.41) is 6.51. The van der Waals surface area contributed by atoms with E-state index in [0.717, 1.165) is 6.42 Å². The fourth-order valence-corrected chi connectivity index (χ4v) is 3.21. The molecular weight excluding hydrogens is 314 g/mol. The first-order valence-electron chi connectivity index (χ1n) is 8.17. The Morgan fingerprint density at radius 1 is 1.29 bits per heavy atom. The molecule has 2 aliphatic rings. The van der Waals surface area contributed by atoms with E-state index >= 15 is 0 Å². The van der Waals surface area contributed by atoms with Gasteiger partial charge >= 0.3 is 0 Å². The van der Waals surface area contributed by atoms with Gasteiger partial charge in [-0.1, -0.05) is 6.07 Å². The van der Waals surface area contributed by atoms with Crippen LogP contribution in [0.2, 0.25) is 0 Å². The molecule has 1 aromatic rings. The summed E-state index contributed by atoms with van der Waals surface area (Å²) in [5.74, 6) is -0.431. The van der Waals surface area contributed by atoms with Crippen LogP contribution in [0.15, 0.2) is 23.2 Å². The molecule has 0 radical (unpaired) electrons. The van der Waals surface area contributed by atoms with Crippen LogP contribution in [-0.2, 0) is 4.79 Å². The summed E-state index contributed by atoms with van der Waals surface area (Å²) in [7, 11) is 3.44. The number of amides is 1. The quantitative estimate of drug-likeness (QED) is 0.651. The van der Waals surface area contributed by atoms with Crippen LogP contribution in [-0.4, -0.2) is 49.5 Å². The number of nitrogens with zero attached hydrogens (tertiary/aromatic N) is 2. The number of hydrogen-bond acceptors (Lipinski definition) is 2. The lowest BCUT2D eigenvalue weighted by molar-refractivity contribution is -0.132. The Balaban J connectivity index is 1.57. The molecule has 24 heavy (non-hydrogen) atoms. The molecule has 3 atom stereocenters. The second-order valence-electron chi connectivity index (χ2n) is 6.45. The van der Waals surface area contributed by atoms with Crippen molar-refractivity contribution in [3.8, 4) is 0 Å². The molecule has 1 aliphatic carbocycles. The van der Waals surface area contributed by atoms with Gasteiger partial charge in [0.05, 0.1) is 0 Å². The Kier molecular flexibility index (Phi) is 4.69. The first kappa shape index (κ1) is 16.7. The molecule has 5 nitrogen and oxygen atoms in total. The SMILES string of the molecule is CN=C(NC1CCC(=O)N(C)C1)NC1CC1c1c(F)cccc1F. The van der Waals surface area contributed by atoms with Crippen LogP contribution in [0.1, 0.15) is 30.7 Å². The van der Waals surface area contributed by atoms with E-state index in [-0.39, 0.29) is 29.5 Å². The number of carbonyl (C=O) groups is 1. The zero-order chi connectivity index (χ0) is 17.3. The molecule has 1 saturated carbocycles. The molecule has 3 unspecified atom stereocenters. The number of carbonyl (C=O) groups excluding carboxylic acids is 1. The van der Waals surface area contributed by atoms with E-state index in [1.54, 1.807) is 19.0 Å². The van der Waals surface area contributed by atoms with Crippen molar-refractivity contribution in [3.05, 3.63) is 35.4 Å². The molecule has 1 aliphatic heterocycles. The lowest BCUT2D eigenvalue weighted by Crippen LogP contribution is -2.52. The lowest BCUT2D eigenvalue weighted by Gasteiger charge is -2.31. The monoisotopic (exact) mass is 336 g/mol. The van der Waals surface area contributed by atoms with E-state index in [2.05, 4.69) is 15.6 Å². The Morgan fingerprint density at radius 3 is 2.62 bits per heavy atom. The van der Waals surface area contributed by atoms with E-state index in [0.29, 0.717) is 25.3 Å². The maximum absolute atomic E-state index is 13.8. The van der Waals surface area contributed by atoms with Gasteiger partial charge in [0.15, 0.2) is 5.96 Å². The minimum Gasteiger partial charge on any atom is -0.353 e. The summed E-state index contributed by atoms with van der Waals surface area (Å²) in [6, 6.07) is 4.04. The molecule has 3 rings (SSSR count). The maximum Gasteiger partial charge on any atom is 0.222 e. The van der Waals surface area contributed by atoms with Gasteiger partial charge < -0.3 is 15.5 Å². The lowest BCUT2D eigenvalue weighted by atomic mass is 10.1. The van der Waals surface area contributed by atoms with Gasteiger partial charge in [-0.05, 0) is 25.0 Å². The highest BCUT2D eigenvalue weighted by Gasteiger charge is 2.42. The van der Waals surface area contributed by atoms with Crippen LogP contribution in [0.3, 0.4) is 0 Å². The third kappa shape index (κ3) is 3.49. The Hall–Kier alpha value is -2.18. The summed E-state index contributed by atoms with van der Waals surface area (Å²) >= 11 is 0. The van der Waals surface area contributed by atoms with Crippen LogP contribution in [0.4, 0.5) is 8.78 Å². The van der Waals surface area contributed by atoms with Gasteiger partial charge in [0.2, 0.25) is 5.91 Å². The normalized spacial score (nSPS) is 27.2. The van der Waals surface area contributed by atoms with E-state index in [9.17, 15) is 13.6 Å². The fraction of sp³-hybridized carbons (Fsp3) is 0.529. The summed E-state index contributed by atoms with van der Waals surface area (Å²) in [6.07, 6.45) is 1.93. The largest absolute Gasteiger partial charge is 0.353 e. The number of piperidine rings is 1. The minimum atomic E-state index is -0.500. The van der Waals surface area contributed by atoms with Gasteiger partial charge in [-0.2, -0.15) is 0 Å². The average molecular weight is 336 g/mol. The predicted molar refractivity (Wildman–Crippen MR) is 87.8 cm³/mol. The molecule has 0 aromatic heterocycles. The van der Waals surface area contributed by atoms with Gasteiger partial charge in [-0.15, -0.1) is 0 Å². The Bertz CT molecular complexity index is 644. The summed E-state index contributed by atoms with van der Waals surface area (Å²) < 4.78 is 27.7. The molecule has 2 fully saturated rings. The number of aliphatic imine (C=N–C) groups is 1. The highest BCUT2D eigenvalue weighted by Crippen LogP contribution is 2.43. The number of likely N-dealkylation sites (tertiary alicyclic amines) is 1. The maximum atomic E-state index is 13.8. The molecule has 1 amide bonds. The molecule has 1 heterocycles. The van der Waals surface area contributed by atoms with Crippen molar-refractivity contribution >= 4 is 11.9 Å². The smallest absolute Gasteiger partial charge is 0.222 e. The number of halogens is 2. The molecule has 130 valence electrons. The fourth-order valence-electron chi connectivity index (χ4n) is 3.21. The van der Waals surface area contributed by atoms with Crippen molar-refractivity contribution in [3.63, 3.8) is 0 Å². The molecule has 0 bridgehead atoms. The van der Waals surface area contributed by atoms with Gasteiger partial charge in [0.1, 0.15) is 11.6 Å². The molecule has 1 saturated heterocycles. The topological polar surface area (TPSA) is 56.7 Å². The number of nitrogens with one attached hydrogen (secondary N) is 2. The summed E-state index contributed by atoms with van der Waals surface area (Å²) in [5.41, 5.74) is 0.147. The van der Waals surface area contributed by atoms with Gasteiger partial charge in [0, 0.05) is 50.6 Å². The zero-order valence-electron chi connectivity index (χ0n) is 13.9. The van der Waals surface area contributed by atoms with Crippen molar-refractivity contribution in [1.82, 2.24) is 15.5 Å². The summed E-state index contributed by atoms with van der Waals surface area (Å²) in [6.45, 7) is 0.621. The number of guanidine groups is 1. The molecule has 0 spiro atoms. The van der Waals surface area contributed by atoms with E-state index in [1.807, 2.05) is 0 Å². The Labute approximate surface area is 140 Å².